The van der Waals surface area contributed by atoms with Gasteiger partial charge in [-0.1, -0.05) is 30.3 Å². The second-order valence-corrected chi connectivity index (χ2v) is 7.61. The van der Waals surface area contributed by atoms with Crippen molar-refractivity contribution in [2.24, 2.45) is 0 Å². The molecule has 0 bridgehead atoms. The minimum atomic E-state index is -1.04. The number of carbonyl (C=O) groups excluding carboxylic acids is 2. The van der Waals surface area contributed by atoms with Crippen LogP contribution in [0.2, 0.25) is 0 Å². The lowest BCUT2D eigenvalue weighted by Crippen LogP contribution is -2.62. The standard InChI is InChI=1S/C24H24N2O4/c1-24(23(28)25-15-17-9-11-19(29-2)12-10-17)14-18-6-3-4-8-21(18)22(27)26(24)16-20-7-5-13-30-20/h3-13H,14-16H2,1-2H3,(H,25,28)/t24-/m1/s1. The maximum Gasteiger partial charge on any atom is 0.255 e. The van der Waals surface area contributed by atoms with E-state index in [4.69, 9.17) is 9.15 Å². The molecule has 3 aromatic rings. The van der Waals surface area contributed by atoms with Gasteiger partial charge in [0, 0.05) is 18.5 Å². The number of amides is 2. The molecule has 2 heterocycles. The maximum absolute atomic E-state index is 13.4. The van der Waals surface area contributed by atoms with Gasteiger partial charge < -0.3 is 19.4 Å². The summed E-state index contributed by atoms with van der Waals surface area (Å²) in [7, 11) is 1.61. The van der Waals surface area contributed by atoms with Crippen LogP contribution in [0.3, 0.4) is 0 Å². The third-order valence-corrected chi connectivity index (χ3v) is 5.62. The summed E-state index contributed by atoms with van der Waals surface area (Å²) in [5.74, 6) is 1.02. The fourth-order valence-electron chi connectivity index (χ4n) is 3.84. The molecule has 0 saturated heterocycles. The molecule has 0 saturated carbocycles. The zero-order valence-electron chi connectivity index (χ0n) is 17.1. The normalized spacial score (nSPS) is 18.1. The van der Waals surface area contributed by atoms with Gasteiger partial charge in [-0.2, -0.15) is 0 Å². The van der Waals surface area contributed by atoms with Crippen LogP contribution in [0.25, 0.3) is 0 Å². The third-order valence-electron chi connectivity index (χ3n) is 5.62. The van der Waals surface area contributed by atoms with Crippen LogP contribution in [0, 0.1) is 0 Å². The van der Waals surface area contributed by atoms with Gasteiger partial charge in [0.15, 0.2) is 0 Å². The number of hydrogen-bond donors (Lipinski definition) is 1. The van der Waals surface area contributed by atoms with E-state index in [0.717, 1.165) is 16.9 Å². The highest BCUT2D eigenvalue weighted by Gasteiger charge is 2.46. The van der Waals surface area contributed by atoms with Crippen LogP contribution >= 0.6 is 0 Å². The van der Waals surface area contributed by atoms with E-state index in [1.54, 1.807) is 24.3 Å². The Labute approximate surface area is 175 Å². The predicted molar refractivity (Wildman–Crippen MR) is 112 cm³/mol. The molecule has 154 valence electrons. The summed E-state index contributed by atoms with van der Waals surface area (Å²) in [5.41, 5.74) is 1.42. The Hall–Kier alpha value is -3.54. The van der Waals surface area contributed by atoms with Crippen molar-refractivity contribution >= 4 is 11.8 Å². The summed E-state index contributed by atoms with van der Waals surface area (Å²) < 4.78 is 10.6. The highest BCUT2D eigenvalue weighted by molar-refractivity contribution is 6.02. The molecule has 1 aliphatic rings. The molecule has 6 nitrogen and oxygen atoms in total. The number of rotatable bonds is 6. The highest BCUT2D eigenvalue weighted by atomic mass is 16.5. The van der Waals surface area contributed by atoms with Crippen LogP contribution in [-0.2, 0) is 24.3 Å². The number of ether oxygens (including phenoxy) is 1. The van der Waals surface area contributed by atoms with E-state index < -0.39 is 5.54 Å². The molecular formula is C24H24N2O4. The highest BCUT2D eigenvalue weighted by Crippen LogP contribution is 2.33. The van der Waals surface area contributed by atoms with E-state index in [2.05, 4.69) is 5.32 Å². The molecule has 1 N–H and O–H groups in total. The van der Waals surface area contributed by atoms with Crippen LogP contribution in [-0.4, -0.2) is 29.4 Å². The Balaban J connectivity index is 1.59. The molecule has 0 fully saturated rings. The summed E-state index contributed by atoms with van der Waals surface area (Å²) in [6, 6.07) is 18.6. The van der Waals surface area contributed by atoms with Crippen molar-refractivity contribution in [3.05, 3.63) is 89.4 Å². The van der Waals surface area contributed by atoms with Gasteiger partial charge >= 0.3 is 0 Å². The average Bonchev–Trinajstić information content (AvgIpc) is 3.28. The van der Waals surface area contributed by atoms with E-state index in [1.807, 2.05) is 61.5 Å². The van der Waals surface area contributed by atoms with Crippen molar-refractivity contribution < 1.29 is 18.7 Å². The molecule has 0 aliphatic carbocycles. The van der Waals surface area contributed by atoms with Gasteiger partial charge in [0.05, 0.1) is 19.9 Å². The van der Waals surface area contributed by atoms with Crippen LogP contribution in [0.5, 0.6) is 5.75 Å². The number of hydrogen-bond acceptors (Lipinski definition) is 4. The van der Waals surface area contributed by atoms with Gasteiger partial charge in [-0.15, -0.1) is 0 Å². The third kappa shape index (κ3) is 3.68. The predicted octanol–water partition coefficient (Wildman–Crippen LogP) is 3.56. The van der Waals surface area contributed by atoms with Crippen LogP contribution in [0.1, 0.15) is 34.2 Å². The van der Waals surface area contributed by atoms with Crippen LogP contribution in [0.4, 0.5) is 0 Å². The van der Waals surface area contributed by atoms with Crippen molar-refractivity contribution in [1.29, 1.82) is 0 Å². The monoisotopic (exact) mass is 404 g/mol. The molecular weight excluding hydrogens is 380 g/mol. The van der Waals surface area contributed by atoms with Gasteiger partial charge in [-0.25, -0.2) is 0 Å². The average molecular weight is 404 g/mol. The Morgan fingerprint density at radius 2 is 1.90 bits per heavy atom. The van der Waals surface area contributed by atoms with E-state index in [9.17, 15) is 9.59 Å². The Morgan fingerprint density at radius 1 is 1.13 bits per heavy atom. The number of nitrogens with zero attached hydrogens (tertiary/aromatic N) is 1. The number of fused-ring (bicyclic) bond motifs is 1. The largest absolute Gasteiger partial charge is 0.497 e. The first-order valence-electron chi connectivity index (χ1n) is 9.85. The van der Waals surface area contributed by atoms with Crippen molar-refractivity contribution in [3.63, 3.8) is 0 Å². The first kappa shape index (κ1) is 19.8. The SMILES string of the molecule is COc1ccc(CNC(=O)[C@@]2(C)Cc3ccccc3C(=O)N2Cc2ccco2)cc1. The lowest BCUT2D eigenvalue weighted by molar-refractivity contribution is -0.132. The molecule has 1 atom stereocenters. The number of furan rings is 1. The summed E-state index contributed by atoms with van der Waals surface area (Å²) in [6.07, 6.45) is 2.00. The summed E-state index contributed by atoms with van der Waals surface area (Å²) in [5, 5.41) is 3.00. The minimum absolute atomic E-state index is 0.171. The van der Waals surface area contributed by atoms with Crippen molar-refractivity contribution in [3.8, 4) is 5.75 Å². The van der Waals surface area contributed by atoms with Gasteiger partial charge in [0.2, 0.25) is 5.91 Å². The van der Waals surface area contributed by atoms with Gasteiger partial charge in [-0.3, -0.25) is 9.59 Å². The van der Waals surface area contributed by atoms with E-state index >= 15 is 0 Å². The van der Waals surface area contributed by atoms with E-state index in [0.29, 0.717) is 24.3 Å². The molecule has 0 spiro atoms. The molecule has 2 amide bonds. The first-order valence-corrected chi connectivity index (χ1v) is 9.85. The zero-order valence-corrected chi connectivity index (χ0v) is 17.1. The van der Waals surface area contributed by atoms with Crippen LogP contribution < -0.4 is 10.1 Å². The molecule has 30 heavy (non-hydrogen) atoms. The summed E-state index contributed by atoms with van der Waals surface area (Å²) in [4.78, 5) is 28.3. The molecule has 1 aliphatic heterocycles. The molecule has 2 aromatic carbocycles. The smallest absolute Gasteiger partial charge is 0.255 e. The molecule has 0 unspecified atom stereocenters. The lowest BCUT2D eigenvalue weighted by atomic mass is 9.82. The van der Waals surface area contributed by atoms with Gasteiger partial charge in [0.1, 0.15) is 17.0 Å². The number of benzene rings is 2. The van der Waals surface area contributed by atoms with E-state index in [-0.39, 0.29) is 18.4 Å². The minimum Gasteiger partial charge on any atom is -0.497 e. The molecule has 1 aromatic heterocycles. The Morgan fingerprint density at radius 3 is 2.60 bits per heavy atom. The fourth-order valence-corrected chi connectivity index (χ4v) is 3.84. The number of carbonyl (C=O) groups is 2. The Kier molecular flexibility index (Phi) is 5.31. The van der Waals surface area contributed by atoms with Crippen molar-refractivity contribution in [2.75, 3.05) is 7.11 Å². The van der Waals surface area contributed by atoms with Gasteiger partial charge in [0.25, 0.3) is 5.91 Å². The van der Waals surface area contributed by atoms with Crippen molar-refractivity contribution in [1.82, 2.24) is 10.2 Å². The summed E-state index contributed by atoms with van der Waals surface area (Å²) in [6.45, 7) is 2.41. The Bertz CT molecular complexity index is 1040. The van der Waals surface area contributed by atoms with Crippen LogP contribution in [0.15, 0.2) is 71.3 Å². The number of methoxy groups -OCH3 is 1. The lowest BCUT2D eigenvalue weighted by Gasteiger charge is -2.43. The van der Waals surface area contributed by atoms with Crippen molar-refractivity contribution in [2.45, 2.75) is 32.0 Å². The first-order chi connectivity index (χ1) is 14.5. The number of nitrogens with one attached hydrogen (secondary N) is 1. The van der Waals surface area contributed by atoms with Gasteiger partial charge in [-0.05, 0) is 48.4 Å². The topological polar surface area (TPSA) is 71.8 Å². The zero-order chi connectivity index (χ0) is 21.1. The van der Waals surface area contributed by atoms with E-state index in [1.165, 1.54) is 0 Å². The quantitative estimate of drug-likeness (QED) is 0.682. The maximum atomic E-state index is 13.4. The second-order valence-electron chi connectivity index (χ2n) is 7.61. The second kappa shape index (κ2) is 8.06. The molecule has 4 rings (SSSR count). The molecule has 0 radical (unpaired) electrons. The molecule has 6 heteroatoms. The summed E-state index contributed by atoms with van der Waals surface area (Å²) >= 11 is 0. The fraction of sp³-hybridized carbons (Fsp3) is 0.250.